The van der Waals surface area contributed by atoms with Gasteiger partial charge in [0.2, 0.25) is 0 Å². The lowest BCUT2D eigenvalue weighted by Gasteiger charge is -2.31. The highest BCUT2D eigenvalue weighted by Crippen LogP contribution is 2.45. The molecule has 0 aromatic carbocycles. The zero-order chi connectivity index (χ0) is 12.5. The molecule has 0 N–H and O–H groups in total. The topological polar surface area (TPSA) is 35.5 Å². The number of carbonyl (C=O) groups excluding carboxylic acids is 1. The Kier molecular flexibility index (Phi) is 3.69. The largest absolute Gasteiger partial charge is 0.350 e. The second-order valence-electron chi connectivity index (χ2n) is 5.70. The standard InChI is InChI=1S/C14H22O3/c1-10-4-5-11(14(10,2)3)8-13-16-9-12(17-13)6-7-15/h4,7,11-13H,5-6,8-9H2,1-3H3. The Morgan fingerprint density at radius 1 is 1.53 bits per heavy atom. The summed E-state index contributed by atoms with van der Waals surface area (Å²) in [6, 6.07) is 0. The van der Waals surface area contributed by atoms with Crippen LogP contribution in [0.15, 0.2) is 11.6 Å². The lowest BCUT2D eigenvalue weighted by molar-refractivity contribution is -0.111. The van der Waals surface area contributed by atoms with Crippen LogP contribution in [0.4, 0.5) is 0 Å². The molecule has 0 amide bonds. The molecular formula is C14H22O3. The number of carbonyl (C=O) groups is 1. The molecule has 0 spiro atoms. The molecule has 0 aromatic rings. The number of ether oxygens (including phenoxy) is 2. The summed E-state index contributed by atoms with van der Waals surface area (Å²) in [6.07, 6.45) is 5.56. The monoisotopic (exact) mass is 238 g/mol. The molecule has 0 bridgehead atoms. The predicted octanol–water partition coefficient (Wildman–Crippen LogP) is 2.70. The molecule has 0 saturated carbocycles. The first kappa shape index (κ1) is 12.8. The molecule has 2 aliphatic rings. The van der Waals surface area contributed by atoms with E-state index in [1.54, 1.807) is 0 Å². The molecule has 96 valence electrons. The van der Waals surface area contributed by atoms with Crippen molar-refractivity contribution in [3.8, 4) is 0 Å². The van der Waals surface area contributed by atoms with E-state index < -0.39 is 0 Å². The maximum Gasteiger partial charge on any atom is 0.158 e. The molecule has 1 aliphatic heterocycles. The van der Waals surface area contributed by atoms with Crippen molar-refractivity contribution in [3.63, 3.8) is 0 Å². The van der Waals surface area contributed by atoms with Gasteiger partial charge in [-0.2, -0.15) is 0 Å². The maximum atomic E-state index is 10.4. The zero-order valence-electron chi connectivity index (χ0n) is 10.9. The summed E-state index contributed by atoms with van der Waals surface area (Å²) < 4.78 is 11.3. The minimum absolute atomic E-state index is 0.0314. The van der Waals surface area contributed by atoms with Crippen molar-refractivity contribution in [2.45, 2.75) is 52.4 Å². The van der Waals surface area contributed by atoms with Crippen molar-refractivity contribution in [1.82, 2.24) is 0 Å². The van der Waals surface area contributed by atoms with E-state index in [0.29, 0.717) is 18.9 Å². The van der Waals surface area contributed by atoms with Crippen molar-refractivity contribution in [3.05, 3.63) is 11.6 Å². The van der Waals surface area contributed by atoms with Gasteiger partial charge in [0, 0.05) is 12.8 Å². The summed E-state index contributed by atoms with van der Waals surface area (Å²) in [5.41, 5.74) is 1.71. The number of hydrogen-bond donors (Lipinski definition) is 0. The van der Waals surface area contributed by atoms with Gasteiger partial charge in [0.15, 0.2) is 6.29 Å². The average molecular weight is 238 g/mol. The Hall–Kier alpha value is -0.670. The highest BCUT2D eigenvalue weighted by Gasteiger charge is 2.38. The van der Waals surface area contributed by atoms with Crippen LogP contribution in [0.3, 0.4) is 0 Å². The van der Waals surface area contributed by atoms with E-state index in [2.05, 4.69) is 26.8 Å². The van der Waals surface area contributed by atoms with E-state index in [0.717, 1.165) is 19.1 Å². The normalized spacial score (nSPS) is 35.9. The van der Waals surface area contributed by atoms with Gasteiger partial charge in [-0.15, -0.1) is 0 Å². The van der Waals surface area contributed by atoms with Crippen LogP contribution in [0.1, 0.15) is 40.0 Å². The van der Waals surface area contributed by atoms with Crippen LogP contribution >= 0.6 is 0 Å². The average Bonchev–Trinajstić information content (AvgIpc) is 2.80. The molecule has 1 fully saturated rings. The zero-order valence-corrected chi connectivity index (χ0v) is 10.9. The molecule has 1 saturated heterocycles. The van der Waals surface area contributed by atoms with E-state index in [1.807, 2.05) is 0 Å². The Balaban J connectivity index is 1.85. The summed E-state index contributed by atoms with van der Waals surface area (Å²) >= 11 is 0. The van der Waals surface area contributed by atoms with Gasteiger partial charge in [-0.05, 0) is 24.7 Å². The molecule has 0 radical (unpaired) electrons. The van der Waals surface area contributed by atoms with Gasteiger partial charge >= 0.3 is 0 Å². The number of hydrogen-bond acceptors (Lipinski definition) is 3. The van der Waals surface area contributed by atoms with Crippen molar-refractivity contribution in [2.75, 3.05) is 6.61 Å². The second kappa shape index (κ2) is 4.91. The fourth-order valence-electron chi connectivity index (χ4n) is 2.68. The van der Waals surface area contributed by atoms with Crippen molar-refractivity contribution < 1.29 is 14.3 Å². The summed E-state index contributed by atoms with van der Waals surface area (Å²) in [5, 5.41) is 0. The van der Waals surface area contributed by atoms with Crippen LogP contribution < -0.4 is 0 Å². The van der Waals surface area contributed by atoms with Gasteiger partial charge in [-0.3, -0.25) is 0 Å². The Morgan fingerprint density at radius 3 is 2.88 bits per heavy atom. The number of rotatable bonds is 4. The molecular weight excluding hydrogens is 216 g/mol. The molecule has 3 nitrogen and oxygen atoms in total. The molecule has 1 heterocycles. The highest BCUT2D eigenvalue weighted by molar-refractivity contribution is 5.50. The third kappa shape index (κ3) is 2.61. The Morgan fingerprint density at radius 2 is 2.29 bits per heavy atom. The van der Waals surface area contributed by atoms with Gasteiger partial charge in [0.05, 0.1) is 12.7 Å². The minimum atomic E-state index is -0.122. The van der Waals surface area contributed by atoms with Crippen LogP contribution in [-0.4, -0.2) is 25.3 Å². The first-order chi connectivity index (χ1) is 8.04. The smallest absolute Gasteiger partial charge is 0.158 e. The molecule has 1 aliphatic carbocycles. The number of allylic oxidation sites excluding steroid dienone is 2. The third-order valence-electron chi connectivity index (χ3n) is 4.39. The first-order valence-electron chi connectivity index (χ1n) is 6.42. The van der Waals surface area contributed by atoms with E-state index >= 15 is 0 Å². The second-order valence-corrected chi connectivity index (χ2v) is 5.70. The minimum Gasteiger partial charge on any atom is -0.350 e. The Bertz CT molecular complexity index is 319. The van der Waals surface area contributed by atoms with Crippen molar-refractivity contribution >= 4 is 6.29 Å². The lowest BCUT2D eigenvalue weighted by atomic mass is 9.76. The summed E-state index contributed by atoms with van der Waals surface area (Å²) in [6.45, 7) is 7.33. The van der Waals surface area contributed by atoms with Crippen LogP contribution in [-0.2, 0) is 14.3 Å². The molecule has 3 unspecified atom stereocenters. The van der Waals surface area contributed by atoms with Crippen LogP contribution in [0.25, 0.3) is 0 Å². The van der Waals surface area contributed by atoms with E-state index in [1.165, 1.54) is 5.57 Å². The van der Waals surface area contributed by atoms with Crippen molar-refractivity contribution in [2.24, 2.45) is 11.3 Å². The van der Waals surface area contributed by atoms with Gasteiger partial charge in [0.1, 0.15) is 6.29 Å². The van der Waals surface area contributed by atoms with Gasteiger partial charge in [0.25, 0.3) is 0 Å². The van der Waals surface area contributed by atoms with Gasteiger partial charge in [-0.25, -0.2) is 0 Å². The van der Waals surface area contributed by atoms with Crippen molar-refractivity contribution in [1.29, 1.82) is 0 Å². The number of aldehydes is 1. The van der Waals surface area contributed by atoms with E-state index in [-0.39, 0.29) is 17.8 Å². The SMILES string of the molecule is CC1=CCC(CC2OCC(CC=O)O2)C1(C)C. The van der Waals surface area contributed by atoms with E-state index in [9.17, 15) is 4.79 Å². The van der Waals surface area contributed by atoms with Gasteiger partial charge in [-0.1, -0.05) is 25.5 Å². The quantitative estimate of drug-likeness (QED) is 0.558. The van der Waals surface area contributed by atoms with E-state index in [4.69, 9.17) is 9.47 Å². The predicted molar refractivity (Wildman–Crippen MR) is 65.6 cm³/mol. The van der Waals surface area contributed by atoms with Crippen LogP contribution in [0, 0.1) is 11.3 Å². The Labute approximate surface area is 103 Å². The van der Waals surface area contributed by atoms with Crippen LogP contribution in [0.2, 0.25) is 0 Å². The molecule has 3 heteroatoms. The molecule has 17 heavy (non-hydrogen) atoms. The molecule has 2 rings (SSSR count). The summed E-state index contributed by atoms with van der Waals surface area (Å²) in [4.78, 5) is 10.4. The lowest BCUT2D eigenvalue weighted by Crippen LogP contribution is -2.25. The first-order valence-corrected chi connectivity index (χ1v) is 6.42. The van der Waals surface area contributed by atoms with Gasteiger partial charge < -0.3 is 14.3 Å². The molecule has 0 aromatic heterocycles. The fourth-order valence-corrected chi connectivity index (χ4v) is 2.68. The summed E-state index contributed by atoms with van der Waals surface area (Å²) in [5.74, 6) is 0.586. The molecule has 3 atom stereocenters. The fraction of sp³-hybridized carbons (Fsp3) is 0.786. The van der Waals surface area contributed by atoms with Crippen LogP contribution in [0.5, 0.6) is 0 Å². The highest BCUT2D eigenvalue weighted by atomic mass is 16.7. The summed E-state index contributed by atoms with van der Waals surface area (Å²) in [7, 11) is 0. The third-order valence-corrected chi connectivity index (χ3v) is 4.39. The maximum absolute atomic E-state index is 10.4.